The molecule has 0 spiro atoms. The van der Waals surface area contributed by atoms with E-state index in [9.17, 15) is 0 Å². The van der Waals surface area contributed by atoms with E-state index < -0.39 is 0 Å². The Balaban J connectivity index is 2.15. The van der Waals surface area contributed by atoms with Crippen LogP contribution in [-0.2, 0) is 0 Å². The fraction of sp³-hybridized carbons (Fsp3) is 0.667. The molecule has 88 valence electrons. The molecular weight excluding hydrogens is 200 g/mol. The summed E-state index contributed by atoms with van der Waals surface area (Å²) in [6, 6.07) is 3.85. The van der Waals surface area contributed by atoms with E-state index in [0.29, 0.717) is 12.5 Å². The lowest BCUT2D eigenvalue weighted by molar-refractivity contribution is 0.235. The second-order valence-corrected chi connectivity index (χ2v) is 4.74. The number of nitrogens with two attached hydrogens (primary N) is 1. The minimum absolute atomic E-state index is 0.00822. The standard InChI is InChI=1S/C12H20N4/c1-10-5-2-3-7-12(10,9-13)15-11-6-4-8-14-16-11/h4,6,8,10H,2-3,5,7,9,13H2,1H3,(H,15,16). The molecule has 1 aromatic rings. The predicted molar refractivity (Wildman–Crippen MR) is 65.1 cm³/mol. The number of nitrogens with one attached hydrogen (secondary N) is 1. The predicted octanol–water partition coefficient (Wildman–Crippen LogP) is 1.80. The molecule has 2 unspecified atom stereocenters. The van der Waals surface area contributed by atoms with E-state index in [1.807, 2.05) is 12.1 Å². The van der Waals surface area contributed by atoms with Crippen LogP contribution >= 0.6 is 0 Å². The number of hydrogen-bond acceptors (Lipinski definition) is 4. The average molecular weight is 220 g/mol. The van der Waals surface area contributed by atoms with E-state index in [2.05, 4.69) is 22.4 Å². The fourth-order valence-electron chi connectivity index (χ4n) is 2.58. The summed E-state index contributed by atoms with van der Waals surface area (Å²) in [4.78, 5) is 0. The Morgan fingerprint density at radius 3 is 3.06 bits per heavy atom. The van der Waals surface area contributed by atoms with E-state index in [0.717, 1.165) is 12.2 Å². The number of rotatable bonds is 3. The Bertz CT molecular complexity index is 327. The molecule has 3 N–H and O–H groups in total. The van der Waals surface area contributed by atoms with Crippen LogP contribution in [-0.4, -0.2) is 22.3 Å². The number of hydrogen-bond donors (Lipinski definition) is 2. The summed E-state index contributed by atoms with van der Waals surface area (Å²) in [5.41, 5.74) is 5.97. The highest BCUT2D eigenvalue weighted by Gasteiger charge is 2.37. The van der Waals surface area contributed by atoms with Gasteiger partial charge in [-0.25, -0.2) is 0 Å². The molecule has 1 heterocycles. The summed E-state index contributed by atoms with van der Waals surface area (Å²) in [6.45, 7) is 2.93. The summed E-state index contributed by atoms with van der Waals surface area (Å²) >= 11 is 0. The van der Waals surface area contributed by atoms with E-state index in [4.69, 9.17) is 5.73 Å². The van der Waals surface area contributed by atoms with Crippen LogP contribution in [0.2, 0.25) is 0 Å². The molecule has 1 aliphatic rings. The first-order chi connectivity index (χ1) is 7.77. The second-order valence-electron chi connectivity index (χ2n) is 4.74. The lowest BCUT2D eigenvalue weighted by atomic mass is 9.73. The first kappa shape index (κ1) is 11.3. The molecule has 0 aromatic carbocycles. The number of anilines is 1. The summed E-state index contributed by atoms with van der Waals surface area (Å²) in [5, 5.41) is 11.5. The molecule has 4 heteroatoms. The van der Waals surface area contributed by atoms with Crippen LogP contribution in [0.15, 0.2) is 18.3 Å². The van der Waals surface area contributed by atoms with Gasteiger partial charge in [0.05, 0.1) is 5.54 Å². The van der Waals surface area contributed by atoms with Gasteiger partial charge in [0.2, 0.25) is 0 Å². The van der Waals surface area contributed by atoms with Crippen molar-refractivity contribution in [2.45, 2.75) is 38.1 Å². The van der Waals surface area contributed by atoms with E-state index in [1.165, 1.54) is 19.3 Å². The molecule has 0 aliphatic heterocycles. The fourth-order valence-corrected chi connectivity index (χ4v) is 2.58. The van der Waals surface area contributed by atoms with Gasteiger partial charge in [-0.05, 0) is 30.9 Å². The SMILES string of the molecule is CC1CCCCC1(CN)Nc1cccnn1. The third-order valence-electron chi connectivity index (χ3n) is 3.77. The first-order valence-corrected chi connectivity index (χ1v) is 6.03. The summed E-state index contributed by atoms with van der Waals surface area (Å²) in [7, 11) is 0. The maximum Gasteiger partial charge on any atom is 0.149 e. The smallest absolute Gasteiger partial charge is 0.149 e. The molecule has 1 aliphatic carbocycles. The van der Waals surface area contributed by atoms with Gasteiger partial charge in [0.15, 0.2) is 0 Å². The van der Waals surface area contributed by atoms with E-state index in [1.54, 1.807) is 6.20 Å². The Labute approximate surface area is 96.6 Å². The third-order valence-corrected chi connectivity index (χ3v) is 3.77. The van der Waals surface area contributed by atoms with Crippen molar-refractivity contribution < 1.29 is 0 Å². The van der Waals surface area contributed by atoms with Crippen molar-refractivity contribution >= 4 is 5.82 Å². The highest BCUT2D eigenvalue weighted by atomic mass is 15.2. The normalized spacial score (nSPS) is 30.0. The van der Waals surface area contributed by atoms with Crippen LogP contribution in [0, 0.1) is 5.92 Å². The molecule has 16 heavy (non-hydrogen) atoms. The molecule has 0 amide bonds. The average Bonchev–Trinajstić information content (AvgIpc) is 2.34. The van der Waals surface area contributed by atoms with Gasteiger partial charge in [0, 0.05) is 12.7 Å². The van der Waals surface area contributed by atoms with Crippen molar-refractivity contribution in [3.8, 4) is 0 Å². The van der Waals surface area contributed by atoms with Crippen LogP contribution in [0.3, 0.4) is 0 Å². The zero-order valence-electron chi connectivity index (χ0n) is 9.82. The van der Waals surface area contributed by atoms with E-state index >= 15 is 0 Å². The molecule has 2 atom stereocenters. The minimum Gasteiger partial charge on any atom is -0.362 e. The highest BCUT2D eigenvalue weighted by Crippen LogP contribution is 2.35. The van der Waals surface area contributed by atoms with Gasteiger partial charge in [-0.2, -0.15) is 5.10 Å². The van der Waals surface area contributed by atoms with Gasteiger partial charge in [0.1, 0.15) is 5.82 Å². The van der Waals surface area contributed by atoms with Crippen molar-refractivity contribution in [3.05, 3.63) is 18.3 Å². The third kappa shape index (κ3) is 2.16. The van der Waals surface area contributed by atoms with Crippen LogP contribution in [0.5, 0.6) is 0 Å². The highest BCUT2D eigenvalue weighted by molar-refractivity contribution is 5.36. The van der Waals surface area contributed by atoms with Crippen molar-refractivity contribution in [1.29, 1.82) is 0 Å². The maximum absolute atomic E-state index is 5.97. The molecule has 0 bridgehead atoms. The van der Waals surface area contributed by atoms with Gasteiger partial charge in [0.25, 0.3) is 0 Å². The largest absolute Gasteiger partial charge is 0.362 e. The Hall–Kier alpha value is -1.16. The first-order valence-electron chi connectivity index (χ1n) is 6.03. The lowest BCUT2D eigenvalue weighted by Gasteiger charge is -2.42. The molecule has 4 nitrogen and oxygen atoms in total. The topological polar surface area (TPSA) is 63.8 Å². The van der Waals surface area contributed by atoms with Crippen molar-refractivity contribution in [2.24, 2.45) is 11.7 Å². The Morgan fingerprint density at radius 2 is 2.44 bits per heavy atom. The summed E-state index contributed by atoms with van der Waals surface area (Å²) < 4.78 is 0. The van der Waals surface area contributed by atoms with Crippen LogP contribution in [0.1, 0.15) is 32.6 Å². The zero-order valence-corrected chi connectivity index (χ0v) is 9.82. The number of nitrogens with zero attached hydrogens (tertiary/aromatic N) is 2. The molecule has 2 rings (SSSR count). The molecule has 1 fully saturated rings. The quantitative estimate of drug-likeness (QED) is 0.815. The van der Waals surface area contributed by atoms with Gasteiger partial charge in [-0.1, -0.05) is 19.8 Å². The Morgan fingerprint density at radius 1 is 1.56 bits per heavy atom. The summed E-state index contributed by atoms with van der Waals surface area (Å²) in [6.07, 6.45) is 6.61. The monoisotopic (exact) mass is 220 g/mol. The Kier molecular flexibility index (Phi) is 3.39. The van der Waals surface area contributed by atoms with Gasteiger partial charge in [-0.15, -0.1) is 5.10 Å². The van der Waals surface area contributed by atoms with Gasteiger partial charge < -0.3 is 11.1 Å². The van der Waals surface area contributed by atoms with Crippen molar-refractivity contribution in [2.75, 3.05) is 11.9 Å². The number of aromatic nitrogens is 2. The maximum atomic E-state index is 5.97. The zero-order chi connectivity index (χ0) is 11.4. The molecule has 1 saturated carbocycles. The minimum atomic E-state index is 0.00822. The summed E-state index contributed by atoms with van der Waals surface area (Å²) in [5.74, 6) is 1.43. The molecule has 0 radical (unpaired) electrons. The van der Waals surface area contributed by atoms with Crippen molar-refractivity contribution in [1.82, 2.24) is 10.2 Å². The van der Waals surface area contributed by atoms with Crippen LogP contribution in [0.25, 0.3) is 0 Å². The molecule has 1 aromatic heterocycles. The molecule has 0 saturated heterocycles. The van der Waals surface area contributed by atoms with E-state index in [-0.39, 0.29) is 5.54 Å². The lowest BCUT2D eigenvalue weighted by Crippen LogP contribution is -2.52. The second kappa shape index (κ2) is 4.78. The van der Waals surface area contributed by atoms with Crippen molar-refractivity contribution in [3.63, 3.8) is 0 Å². The van der Waals surface area contributed by atoms with Gasteiger partial charge in [-0.3, -0.25) is 0 Å². The molecular formula is C12H20N4. The van der Waals surface area contributed by atoms with Gasteiger partial charge >= 0.3 is 0 Å². The van der Waals surface area contributed by atoms with Crippen LogP contribution in [0.4, 0.5) is 5.82 Å². The van der Waals surface area contributed by atoms with Crippen LogP contribution < -0.4 is 11.1 Å².